The lowest BCUT2D eigenvalue weighted by Crippen LogP contribution is -2.52. The second-order valence-electron chi connectivity index (χ2n) is 8.98. The number of morpholine rings is 1. The molecule has 9 heteroatoms. The van der Waals surface area contributed by atoms with Crippen molar-refractivity contribution < 1.29 is 28.5 Å². The molecule has 1 heterocycles. The smallest absolute Gasteiger partial charge is 0.252 e. The summed E-state index contributed by atoms with van der Waals surface area (Å²) in [5.74, 6) is 1.04. The predicted molar refractivity (Wildman–Crippen MR) is 137 cm³/mol. The van der Waals surface area contributed by atoms with Crippen molar-refractivity contribution in [3.8, 4) is 17.2 Å². The van der Waals surface area contributed by atoms with Crippen molar-refractivity contribution in [1.82, 2.24) is 15.5 Å². The number of amides is 2. The number of carbonyl (C=O) groups is 2. The van der Waals surface area contributed by atoms with Gasteiger partial charge in [-0.3, -0.25) is 14.5 Å². The summed E-state index contributed by atoms with van der Waals surface area (Å²) in [6.07, 6.45) is 0. The van der Waals surface area contributed by atoms with Crippen molar-refractivity contribution in [3.63, 3.8) is 0 Å². The van der Waals surface area contributed by atoms with Crippen molar-refractivity contribution in [3.05, 3.63) is 53.6 Å². The maximum Gasteiger partial charge on any atom is 0.252 e. The molecule has 36 heavy (non-hydrogen) atoms. The van der Waals surface area contributed by atoms with E-state index in [1.54, 1.807) is 25.3 Å². The van der Waals surface area contributed by atoms with Gasteiger partial charge >= 0.3 is 0 Å². The number of rotatable bonds is 11. The summed E-state index contributed by atoms with van der Waals surface area (Å²) >= 11 is 0. The lowest BCUT2D eigenvalue weighted by atomic mass is 10.0. The van der Waals surface area contributed by atoms with Gasteiger partial charge in [-0.15, -0.1) is 0 Å². The Labute approximate surface area is 213 Å². The minimum atomic E-state index is -0.712. The quantitative estimate of drug-likeness (QED) is 0.491. The van der Waals surface area contributed by atoms with Gasteiger partial charge in [0.1, 0.15) is 23.3 Å². The number of nitrogens with zero attached hydrogens (tertiary/aromatic N) is 1. The van der Waals surface area contributed by atoms with Crippen LogP contribution in [-0.4, -0.2) is 76.9 Å². The van der Waals surface area contributed by atoms with Gasteiger partial charge in [-0.2, -0.15) is 0 Å². The van der Waals surface area contributed by atoms with Gasteiger partial charge in [-0.1, -0.05) is 26.0 Å². The zero-order chi connectivity index (χ0) is 26.1. The maximum atomic E-state index is 13.3. The van der Waals surface area contributed by atoms with Crippen LogP contribution in [0.1, 0.15) is 35.8 Å². The molecule has 1 aliphatic rings. The summed E-state index contributed by atoms with van der Waals surface area (Å²) in [4.78, 5) is 28.6. The topological polar surface area (TPSA) is 98.4 Å². The number of benzene rings is 2. The number of methoxy groups -OCH3 is 3. The molecule has 9 nitrogen and oxygen atoms in total. The van der Waals surface area contributed by atoms with Gasteiger partial charge < -0.3 is 29.6 Å². The molecule has 0 radical (unpaired) electrons. The molecule has 2 atom stereocenters. The molecule has 2 amide bonds. The fraction of sp³-hybridized carbons (Fsp3) is 0.481. The van der Waals surface area contributed by atoms with Gasteiger partial charge in [-0.05, 0) is 35.7 Å². The molecule has 0 saturated carbocycles. The van der Waals surface area contributed by atoms with Crippen LogP contribution in [-0.2, 0) is 9.53 Å². The number of hydrogen-bond acceptors (Lipinski definition) is 7. The molecule has 0 spiro atoms. The van der Waals surface area contributed by atoms with Gasteiger partial charge in [0.05, 0.1) is 40.6 Å². The third-order valence-corrected chi connectivity index (χ3v) is 6.31. The van der Waals surface area contributed by atoms with E-state index in [1.807, 2.05) is 38.1 Å². The second kappa shape index (κ2) is 13.1. The van der Waals surface area contributed by atoms with E-state index in [2.05, 4.69) is 15.5 Å². The highest BCUT2D eigenvalue weighted by Crippen LogP contribution is 2.25. The first kappa shape index (κ1) is 27.3. The van der Waals surface area contributed by atoms with E-state index in [0.29, 0.717) is 36.8 Å². The van der Waals surface area contributed by atoms with Crippen molar-refractivity contribution >= 4 is 11.8 Å². The molecular weight excluding hydrogens is 462 g/mol. The van der Waals surface area contributed by atoms with Crippen molar-refractivity contribution in [2.45, 2.75) is 25.9 Å². The molecule has 2 aromatic rings. The van der Waals surface area contributed by atoms with Crippen molar-refractivity contribution in [2.24, 2.45) is 5.92 Å². The second-order valence-corrected chi connectivity index (χ2v) is 8.98. The molecule has 1 fully saturated rings. The minimum absolute atomic E-state index is 0.0325. The molecule has 2 N–H and O–H groups in total. The molecule has 3 rings (SSSR count). The molecule has 2 unspecified atom stereocenters. The largest absolute Gasteiger partial charge is 0.497 e. The first-order chi connectivity index (χ1) is 17.4. The van der Waals surface area contributed by atoms with E-state index in [0.717, 1.165) is 24.4 Å². The molecule has 1 saturated heterocycles. The lowest BCUT2D eigenvalue weighted by Gasteiger charge is -2.35. The summed E-state index contributed by atoms with van der Waals surface area (Å²) in [5.41, 5.74) is 1.43. The van der Waals surface area contributed by atoms with E-state index < -0.39 is 6.04 Å². The zero-order valence-corrected chi connectivity index (χ0v) is 21.7. The van der Waals surface area contributed by atoms with Crippen LogP contribution < -0.4 is 24.8 Å². The number of nitrogens with one attached hydrogen (secondary N) is 2. The number of ether oxygens (including phenoxy) is 4. The van der Waals surface area contributed by atoms with Crippen LogP contribution in [0.5, 0.6) is 17.2 Å². The molecule has 2 aromatic carbocycles. The van der Waals surface area contributed by atoms with Gasteiger partial charge in [0.15, 0.2) is 0 Å². The molecule has 1 aliphatic heterocycles. The average molecular weight is 500 g/mol. The SMILES string of the molecule is COc1ccc(C(CNC(=O)C(NC(=O)c2cc(OC)cc(OC)c2)C(C)C)N2CCOCC2)cc1. The Morgan fingerprint density at radius 3 is 2.03 bits per heavy atom. The number of hydrogen-bond donors (Lipinski definition) is 2. The zero-order valence-electron chi connectivity index (χ0n) is 21.7. The van der Waals surface area contributed by atoms with Crippen LogP contribution in [0.3, 0.4) is 0 Å². The summed E-state index contributed by atoms with van der Waals surface area (Å²) in [7, 11) is 4.68. The highest BCUT2D eigenvalue weighted by Gasteiger charge is 2.28. The third kappa shape index (κ3) is 7.11. The lowest BCUT2D eigenvalue weighted by molar-refractivity contribution is -0.124. The molecular formula is C27H37N3O6. The first-order valence-corrected chi connectivity index (χ1v) is 12.1. The monoisotopic (exact) mass is 499 g/mol. The Kier molecular flexibility index (Phi) is 9.95. The van der Waals surface area contributed by atoms with Gasteiger partial charge in [0, 0.05) is 31.3 Å². The highest BCUT2D eigenvalue weighted by molar-refractivity contribution is 5.98. The van der Waals surface area contributed by atoms with E-state index in [-0.39, 0.29) is 23.8 Å². The normalized spacial score (nSPS) is 15.6. The van der Waals surface area contributed by atoms with Crippen LogP contribution in [0, 0.1) is 5.92 Å². The Balaban J connectivity index is 1.72. The molecule has 0 aromatic heterocycles. The number of carbonyl (C=O) groups excluding carboxylic acids is 2. The van der Waals surface area contributed by atoms with E-state index in [4.69, 9.17) is 18.9 Å². The predicted octanol–water partition coefficient (Wildman–Crippen LogP) is 2.66. The highest BCUT2D eigenvalue weighted by atomic mass is 16.5. The fourth-order valence-corrected chi connectivity index (χ4v) is 4.18. The van der Waals surface area contributed by atoms with Gasteiger partial charge in [-0.25, -0.2) is 0 Å². The van der Waals surface area contributed by atoms with Gasteiger partial charge in [0.2, 0.25) is 5.91 Å². The third-order valence-electron chi connectivity index (χ3n) is 6.31. The van der Waals surface area contributed by atoms with E-state index in [1.165, 1.54) is 14.2 Å². The maximum absolute atomic E-state index is 13.3. The average Bonchev–Trinajstić information content (AvgIpc) is 2.91. The van der Waals surface area contributed by atoms with Crippen LogP contribution >= 0.6 is 0 Å². The molecule has 0 aliphatic carbocycles. The van der Waals surface area contributed by atoms with Crippen LogP contribution in [0.4, 0.5) is 0 Å². The van der Waals surface area contributed by atoms with E-state index in [9.17, 15) is 9.59 Å². The summed E-state index contributed by atoms with van der Waals surface area (Å²) < 4.78 is 21.3. The standard InChI is InChI=1S/C27H37N3O6/c1-18(2)25(29-26(31)20-14-22(34-4)16-23(15-20)35-5)27(32)28-17-24(30-10-12-36-13-11-30)19-6-8-21(33-3)9-7-19/h6-9,14-16,18,24-25H,10-13,17H2,1-5H3,(H,28,32)(H,29,31). The van der Waals surface area contributed by atoms with Gasteiger partial charge in [0.25, 0.3) is 5.91 Å². The first-order valence-electron chi connectivity index (χ1n) is 12.1. The van der Waals surface area contributed by atoms with Crippen LogP contribution in [0.15, 0.2) is 42.5 Å². The summed E-state index contributed by atoms with van der Waals surface area (Å²) in [5, 5.41) is 5.95. The van der Waals surface area contributed by atoms with Crippen molar-refractivity contribution in [2.75, 3.05) is 54.2 Å². The van der Waals surface area contributed by atoms with Crippen LogP contribution in [0.2, 0.25) is 0 Å². The Bertz CT molecular complexity index is 983. The van der Waals surface area contributed by atoms with E-state index >= 15 is 0 Å². The summed E-state index contributed by atoms with van der Waals surface area (Å²) in [6, 6.07) is 12.1. The van der Waals surface area contributed by atoms with Crippen LogP contribution in [0.25, 0.3) is 0 Å². The fourth-order valence-electron chi connectivity index (χ4n) is 4.18. The summed E-state index contributed by atoms with van der Waals surface area (Å²) in [6.45, 7) is 7.05. The Morgan fingerprint density at radius 2 is 1.50 bits per heavy atom. The molecule has 196 valence electrons. The Hall–Kier alpha value is -3.30. The molecule has 0 bridgehead atoms. The van der Waals surface area contributed by atoms with Crippen molar-refractivity contribution in [1.29, 1.82) is 0 Å². The minimum Gasteiger partial charge on any atom is -0.497 e. The Morgan fingerprint density at radius 1 is 0.917 bits per heavy atom.